The van der Waals surface area contributed by atoms with E-state index in [4.69, 9.17) is 10.3 Å². The van der Waals surface area contributed by atoms with E-state index < -0.39 is 0 Å². The molecule has 2 N–H and O–H groups in total. The fourth-order valence-electron chi connectivity index (χ4n) is 2.04. The van der Waals surface area contributed by atoms with Gasteiger partial charge in [-0.25, -0.2) is 0 Å². The molecule has 1 fully saturated rings. The van der Waals surface area contributed by atoms with Crippen LogP contribution in [0.15, 0.2) is 28.8 Å². The fraction of sp³-hybridized carbons (Fsp3) is 0.429. The molecule has 0 radical (unpaired) electrons. The molecule has 94 valence electrons. The number of benzene rings is 1. The molecule has 4 heteroatoms. The van der Waals surface area contributed by atoms with E-state index in [9.17, 15) is 0 Å². The van der Waals surface area contributed by atoms with E-state index in [2.05, 4.69) is 29.2 Å². The highest BCUT2D eigenvalue weighted by Gasteiger charge is 2.32. The minimum absolute atomic E-state index is 0.0718. The molecule has 0 saturated heterocycles. The van der Waals surface area contributed by atoms with Gasteiger partial charge in [-0.05, 0) is 42.9 Å². The number of nitrogens with zero attached hydrogens (tertiary/aromatic N) is 2. The quantitative estimate of drug-likeness (QED) is 0.896. The minimum atomic E-state index is -0.0718. The monoisotopic (exact) mass is 243 g/mol. The van der Waals surface area contributed by atoms with Crippen molar-refractivity contribution in [2.24, 2.45) is 11.7 Å². The molecule has 0 aliphatic heterocycles. The zero-order valence-electron chi connectivity index (χ0n) is 10.5. The molecule has 1 aromatic heterocycles. The maximum Gasteiger partial charge on any atom is 0.257 e. The van der Waals surface area contributed by atoms with Gasteiger partial charge in [-0.1, -0.05) is 24.2 Å². The van der Waals surface area contributed by atoms with Crippen molar-refractivity contribution in [3.63, 3.8) is 0 Å². The summed E-state index contributed by atoms with van der Waals surface area (Å²) in [5.74, 6) is 1.73. The number of nitrogens with two attached hydrogens (primary N) is 1. The average Bonchev–Trinajstić information content (AvgIpc) is 3.15. The largest absolute Gasteiger partial charge is 0.334 e. The number of aromatic nitrogens is 2. The summed E-state index contributed by atoms with van der Waals surface area (Å²) in [7, 11) is 0. The van der Waals surface area contributed by atoms with Gasteiger partial charge in [0.05, 0.1) is 6.04 Å². The molecule has 4 nitrogen and oxygen atoms in total. The van der Waals surface area contributed by atoms with Crippen molar-refractivity contribution in [3.8, 4) is 11.5 Å². The van der Waals surface area contributed by atoms with Crippen molar-refractivity contribution in [1.82, 2.24) is 10.1 Å². The van der Waals surface area contributed by atoms with Crippen LogP contribution in [0, 0.1) is 5.92 Å². The maximum atomic E-state index is 6.05. The molecule has 0 bridgehead atoms. The summed E-state index contributed by atoms with van der Waals surface area (Å²) in [6, 6.07) is 8.12. The Hall–Kier alpha value is -1.68. The van der Waals surface area contributed by atoms with Gasteiger partial charge in [-0.2, -0.15) is 4.98 Å². The third kappa shape index (κ3) is 2.16. The predicted molar refractivity (Wildman–Crippen MR) is 68.8 cm³/mol. The van der Waals surface area contributed by atoms with Crippen molar-refractivity contribution in [2.45, 2.75) is 32.2 Å². The Labute approximate surface area is 106 Å². The highest BCUT2D eigenvalue weighted by Crippen LogP contribution is 2.38. The first-order valence-electron chi connectivity index (χ1n) is 6.46. The first-order chi connectivity index (χ1) is 8.78. The Morgan fingerprint density at radius 2 is 2.06 bits per heavy atom. The van der Waals surface area contributed by atoms with Gasteiger partial charge in [-0.15, -0.1) is 0 Å². The molecule has 18 heavy (non-hydrogen) atoms. The van der Waals surface area contributed by atoms with E-state index in [-0.39, 0.29) is 6.04 Å². The van der Waals surface area contributed by atoms with Gasteiger partial charge in [0.15, 0.2) is 5.82 Å². The minimum Gasteiger partial charge on any atom is -0.334 e. The number of rotatable bonds is 4. The Kier molecular flexibility index (Phi) is 2.88. The van der Waals surface area contributed by atoms with E-state index in [0.717, 1.165) is 12.0 Å². The lowest BCUT2D eigenvalue weighted by atomic mass is 10.1. The fourth-order valence-corrected chi connectivity index (χ4v) is 2.04. The van der Waals surface area contributed by atoms with Crippen LogP contribution in [0.3, 0.4) is 0 Å². The third-order valence-corrected chi connectivity index (χ3v) is 3.48. The first-order valence-corrected chi connectivity index (χ1v) is 6.46. The molecule has 2 aromatic rings. The molecule has 1 atom stereocenters. The van der Waals surface area contributed by atoms with Crippen LogP contribution in [0.4, 0.5) is 0 Å². The Bertz CT molecular complexity index is 528. The molecular weight excluding hydrogens is 226 g/mol. The Balaban J connectivity index is 1.82. The van der Waals surface area contributed by atoms with E-state index in [0.29, 0.717) is 17.6 Å². The smallest absolute Gasteiger partial charge is 0.257 e. The van der Waals surface area contributed by atoms with E-state index in [1.54, 1.807) is 0 Å². The first kappa shape index (κ1) is 11.4. The normalized spacial score (nSPS) is 16.8. The van der Waals surface area contributed by atoms with Gasteiger partial charge >= 0.3 is 0 Å². The van der Waals surface area contributed by atoms with Crippen LogP contribution >= 0.6 is 0 Å². The van der Waals surface area contributed by atoms with Gasteiger partial charge < -0.3 is 10.3 Å². The molecular formula is C14H17N3O. The summed E-state index contributed by atoms with van der Waals surface area (Å²) in [5.41, 5.74) is 8.30. The topological polar surface area (TPSA) is 64.9 Å². The van der Waals surface area contributed by atoms with Gasteiger partial charge in [0.2, 0.25) is 0 Å². The zero-order chi connectivity index (χ0) is 12.5. The lowest BCUT2D eigenvalue weighted by Crippen LogP contribution is -2.13. The standard InChI is InChI=1S/C14H17N3O/c1-2-9-3-5-11(6-4-9)14-16-13(17-18-14)12(15)10-7-8-10/h3-6,10,12H,2,7-8,15H2,1H3. The Morgan fingerprint density at radius 1 is 1.33 bits per heavy atom. The van der Waals surface area contributed by atoms with Crippen LogP contribution in [-0.2, 0) is 6.42 Å². The van der Waals surface area contributed by atoms with Crippen LogP contribution in [0.25, 0.3) is 11.5 Å². The number of hydrogen-bond acceptors (Lipinski definition) is 4. The molecule has 1 unspecified atom stereocenters. The van der Waals surface area contributed by atoms with E-state index in [1.165, 1.54) is 18.4 Å². The molecule has 0 amide bonds. The lowest BCUT2D eigenvalue weighted by molar-refractivity contribution is 0.411. The number of hydrogen-bond donors (Lipinski definition) is 1. The summed E-state index contributed by atoms with van der Waals surface area (Å²) < 4.78 is 5.28. The van der Waals surface area contributed by atoms with Gasteiger partial charge in [0, 0.05) is 5.56 Å². The second-order valence-corrected chi connectivity index (χ2v) is 4.87. The van der Waals surface area contributed by atoms with Crippen LogP contribution in [0.2, 0.25) is 0 Å². The van der Waals surface area contributed by atoms with Crippen LogP contribution < -0.4 is 5.73 Å². The van der Waals surface area contributed by atoms with Gasteiger partial charge in [-0.3, -0.25) is 0 Å². The zero-order valence-corrected chi connectivity index (χ0v) is 10.5. The third-order valence-electron chi connectivity index (χ3n) is 3.48. The molecule has 3 rings (SSSR count). The molecule has 1 aliphatic rings. The predicted octanol–water partition coefficient (Wildman–Crippen LogP) is 2.71. The number of aryl methyl sites for hydroxylation is 1. The summed E-state index contributed by atoms with van der Waals surface area (Å²) >= 11 is 0. The molecule has 1 aliphatic carbocycles. The van der Waals surface area contributed by atoms with Crippen molar-refractivity contribution in [1.29, 1.82) is 0 Å². The average molecular weight is 243 g/mol. The summed E-state index contributed by atoms with van der Waals surface area (Å²) in [6.45, 7) is 2.13. The summed E-state index contributed by atoms with van der Waals surface area (Å²) in [5, 5.41) is 3.99. The molecule has 0 spiro atoms. The van der Waals surface area contributed by atoms with Crippen molar-refractivity contribution < 1.29 is 4.52 Å². The highest BCUT2D eigenvalue weighted by atomic mass is 16.5. The SMILES string of the molecule is CCc1ccc(-c2nc(C(N)C3CC3)no2)cc1. The van der Waals surface area contributed by atoms with Crippen LogP contribution in [0.1, 0.15) is 37.2 Å². The second kappa shape index (κ2) is 4.53. The molecule has 1 heterocycles. The Morgan fingerprint density at radius 3 is 2.67 bits per heavy atom. The maximum absolute atomic E-state index is 6.05. The van der Waals surface area contributed by atoms with E-state index in [1.807, 2.05) is 12.1 Å². The van der Waals surface area contributed by atoms with Gasteiger partial charge in [0.25, 0.3) is 5.89 Å². The van der Waals surface area contributed by atoms with Crippen LogP contribution in [0.5, 0.6) is 0 Å². The molecule has 1 aromatic carbocycles. The van der Waals surface area contributed by atoms with Crippen molar-refractivity contribution >= 4 is 0 Å². The summed E-state index contributed by atoms with van der Waals surface area (Å²) in [6.07, 6.45) is 3.38. The van der Waals surface area contributed by atoms with E-state index >= 15 is 0 Å². The van der Waals surface area contributed by atoms with Crippen molar-refractivity contribution in [2.75, 3.05) is 0 Å². The summed E-state index contributed by atoms with van der Waals surface area (Å²) in [4.78, 5) is 4.39. The second-order valence-electron chi connectivity index (χ2n) is 4.87. The lowest BCUT2D eigenvalue weighted by Gasteiger charge is -2.01. The van der Waals surface area contributed by atoms with Crippen molar-refractivity contribution in [3.05, 3.63) is 35.7 Å². The highest BCUT2D eigenvalue weighted by molar-refractivity contribution is 5.53. The van der Waals surface area contributed by atoms with Gasteiger partial charge in [0.1, 0.15) is 0 Å². The van der Waals surface area contributed by atoms with Crippen LogP contribution in [-0.4, -0.2) is 10.1 Å². The molecule has 1 saturated carbocycles.